The predicted molar refractivity (Wildman–Crippen MR) is 114 cm³/mol. The van der Waals surface area contributed by atoms with Crippen molar-refractivity contribution < 1.29 is 4.42 Å². The number of pyridine rings is 2. The Labute approximate surface area is 172 Å². The van der Waals surface area contributed by atoms with Crippen LogP contribution in [-0.4, -0.2) is 24.9 Å². The average Bonchev–Trinajstić information content (AvgIpc) is 3.35. The maximum absolute atomic E-state index is 5.40. The normalized spacial score (nSPS) is 10.7. The molecule has 0 fully saturated rings. The van der Waals surface area contributed by atoms with Gasteiger partial charge < -0.3 is 9.73 Å². The highest BCUT2D eigenvalue weighted by Crippen LogP contribution is 2.27. The largest absolute Gasteiger partial charge is 0.444 e. The second-order valence-electron chi connectivity index (χ2n) is 6.49. The fraction of sp³-hybridized carbons (Fsp3) is 0. The topological polar surface area (TPSA) is 89.6 Å². The van der Waals surface area contributed by atoms with Gasteiger partial charge in [-0.15, -0.1) is 0 Å². The van der Waals surface area contributed by atoms with Crippen molar-refractivity contribution >= 4 is 11.5 Å². The number of nitrogens with one attached hydrogen (secondary N) is 1. The Morgan fingerprint density at radius 3 is 2.50 bits per heavy atom. The molecule has 0 saturated heterocycles. The first-order chi connectivity index (χ1) is 14.8. The zero-order valence-electron chi connectivity index (χ0n) is 15.8. The van der Waals surface area contributed by atoms with Gasteiger partial charge in [-0.1, -0.05) is 18.2 Å². The number of oxazole rings is 1. The van der Waals surface area contributed by atoms with Crippen LogP contribution < -0.4 is 5.32 Å². The van der Waals surface area contributed by atoms with Crippen LogP contribution >= 0.6 is 0 Å². The van der Waals surface area contributed by atoms with Gasteiger partial charge in [-0.25, -0.2) is 15.0 Å². The van der Waals surface area contributed by atoms with Crippen LogP contribution in [0.4, 0.5) is 11.5 Å². The van der Waals surface area contributed by atoms with Crippen molar-refractivity contribution in [2.24, 2.45) is 0 Å². The van der Waals surface area contributed by atoms with Crippen molar-refractivity contribution in [1.29, 1.82) is 0 Å². The van der Waals surface area contributed by atoms with Gasteiger partial charge in [0, 0.05) is 41.5 Å². The third-order valence-corrected chi connectivity index (χ3v) is 4.43. The molecule has 0 aliphatic carbocycles. The molecule has 1 N–H and O–H groups in total. The van der Waals surface area contributed by atoms with Gasteiger partial charge in [0.1, 0.15) is 11.5 Å². The smallest absolute Gasteiger partial charge is 0.181 e. The minimum atomic E-state index is 0.533. The second kappa shape index (κ2) is 7.92. The Hall–Kier alpha value is -4.39. The first-order valence-electron chi connectivity index (χ1n) is 9.32. The molecule has 0 spiro atoms. The number of aromatic nitrogens is 5. The zero-order valence-corrected chi connectivity index (χ0v) is 15.8. The van der Waals surface area contributed by atoms with Crippen LogP contribution in [0.1, 0.15) is 0 Å². The van der Waals surface area contributed by atoms with E-state index in [1.807, 2.05) is 60.7 Å². The van der Waals surface area contributed by atoms with Crippen LogP contribution in [0.3, 0.4) is 0 Å². The third-order valence-electron chi connectivity index (χ3n) is 4.43. The van der Waals surface area contributed by atoms with Gasteiger partial charge in [0.25, 0.3) is 0 Å². The number of hydrogen-bond donors (Lipinski definition) is 1. The van der Waals surface area contributed by atoms with Crippen LogP contribution in [-0.2, 0) is 0 Å². The molecule has 7 nitrogen and oxygen atoms in total. The van der Waals surface area contributed by atoms with E-state index in [1.165, 1.54) is 6.39 Å². The lowest BCUT2D eigenvalue weighted by Crippen LogP contribution is -2.00. The summed E-state index contributed by atoms with van der Waals surface area (Å²) in [5, 5.41) is 3.37. The summed E-state index contributed by atoms with van der Waals surface area (Å²) in [5.74, 6) is 1.89. The highest BCUT2D eigenvalue weighted by Gasteiger charge is 2.11. The number of hydrogen-bond acceptors (Lipinski definition) is 7. The molecular formula is C23H16N6O. The Morgan fingerprint density at radius 2 is 1.70 bits per heavy atom. The predicted octanol–water partition coefficient (Wildman–Crippen LogP) is 5.00. The van der Waals surface area contributed by atoms with E-state index in [0.717, 1.165) is 22.5 Å². The molecule has 144 valence electrons. The minimum Gasteiger partial charge on any atom is -0.444 e. The lowest BCUT2D eigenvalue weighted by Gasteiger charge is -2.11. The van der Waals surface area contributed by atoms with E-state index in [2.05, 4.69) is 25.3 Å². The van der Waals surface area contributed by atoms with Crippen LogP contribution in [0.15, 0.2) is 96.3 Å². The monoisotopic (exact) mass is 392 g/mol. The van der Waals surface area contributed by atoms with Crippen molar-refractivity contribution in [1.82, 2.24) is 24.9 Å². The molecule has 0 bridgehead atoms. The highest BCUT2D eigenvalue weighted by molar-refractivity contribution is 5.71. The molecule has 0 amide bonds. The Bertz CT molecular complexity index is 1200. The lowest BCUT2D eigenvalue weighted by molar-refractivity contribution is 0.572. The summed E-state index contributed by atoms with van der Waals surface area (Å²) in [6.07, 6.45) is 8.34. The summed E-state index contributed by atoms with van der Waals surface area (Å²) in [7, 11) is 0. The first kappa shape index (κ1) is 17.7. The number of nitrogens with zero attached hydrogens (tertiary/aromatic N) is 5. The van der Waals surface area contributed by atoms with Gasteiger partial charge in [0.15, 0.2) is 18.0 Å². The van der Waals surface area contributed by atoms with Crippen LogP contribution in [0, 0.1) is 0 Å². The van der Waals surface area contributed by atoms with Gasteiger partial charge in [-0.2, -0.15) is 0 Å². The summed E-state index contributed by atoms with van der Waals surface area (Å²) in [4.78, 5) is 22.0. The summed E-state index contributed by atoms with van der Waals surface area (Å²) in [5.41, 5.74) is 4.14. The van der Waals surface area contributed by atoms with Gasteiger partial charge in [-0.05, 0) is 36.4 Å². The van der Waals surface area contributed by atoms with E-state index in [1.54, 1.807) is 24.8 Å². The average molecular weight is 392 g/mol. The Kier molecular flexibility index (Phi) is 4.67. The number of benzene rings is 1. The molecule has 0 aliphatic heterocycles. The molecule has 0 saturated carbocycles. The molecule has 5 aromatic rings. The van der Waals surface area contributed by atoms with Crippen LogP contribution in [0.5, 0.6) is 0 Å². The van der Waals surface area contributed by atoms with E-state index >= 15 is 0 Å². The first-order valence-corrected chi connectivity index (χ1v) is 9.32. The highest BCUT2D eigenvalue weighted by atomic mass is 16.3. The van der Waals surface area contributed by atoms with E-state index in [4.69, 9.17) is 9.40 Å². The fourth-order valence-corrected chi connectivity index (χ4v) is 3.04. The summed E-state index contributed by atoms with van der Waals surface area (Å²) in [6.45, 7) is 0. The molecule has 0 unspecified atom stereocenters. The van der Waals surface area contributed by atoms with Gasteiger partial charge in [-0.3, -0.25) is 9.97 Å². The Morgan fingerprint density at radius 1 is 0.733 bits per heavy atom. The third kappa shape index (κ3) is 3.77. The maximum atomic E-state index is 5.40. The van der Waals surface area contributed by atoms with Gasteiger partial charge in [0.2, 0.25) is 0 Å². The Balaban J connectivity index is 1.55. The summed E-state index contributed by atoms with van der Waals surface area (Å²) >= 11 is 0. The molecule has 4 heterocycles. The SMILES string of the molecule is c1ccc(-c2nc(Nc3cccc(-c4cnco4)c3)cc(-c3cccnc3)n2)nc1. The zero-order chi connectivity index (χ0) is 20.2. The number of rotatable bonds is 5. The molecule has 30 heavy (non-hydrogen) atoms. The van der Waals surface area contributed by atoms with Crippen LogP contribution in [0.2, 0.25) is 0 Å². The number of anilines is 2. The van der Waals surface area contributed by atoms with Crippen molar-refractivity contribution in [3.8, 4) is 34.1 Å². The summed E-state index contributed by atoms with van der Waals surface area (Å²) < 4.78 is 5.40. The second-order valence-corrected chi connectivity index (χ2v) is 6.49. The van der Waals surface area contributed by atoms with E-state index < -0.39 is 0 Å². The van der Waals surface area contributed by atoms with E-state index in [0.29, 0.717) is 23.1 Å². The van der Waals surface area contributed by atoms with Crippen molar-refractivity contribution in [3.63, 3.8) is 0 Å². The molecule has 1 aromatic carbocycles. The standard InChI is InChI=1S/C23H16N6O/c1-2-10-26-19(8-1)23-28-20(17-6-4-9-24-13-17)12-22(29-23)27-18-7-3-5-16(11-18)21-14-25-15-30-21/h1-15H,(H,27,28,29). The molecule has 5 rings (SSSR count). The van der Waals surface area contributed by atoms with E-state index in [-0.39, 0.29) is 0 Å². The van der Waals surface area contributed by atoms with E-state index in [9.17, 15) is 0 Å². The fourth-order valence-electron chi connectivity index (χ4n) is 3.04. The van der Waals surface area contributed by atoms with Gasteiger partial charge in [0.05, 0.1) is 11.9 Å². The lowest BCUT2D eigenvalue weighted by atomic mass is 10.1. The summed E-state index contributed by atoms with van der Waals surface area (Å²) in [6, 6.07) is 19.3. The van der Waals surface area contributed by atoms with Crippen molar-refractivity contribution in [3.05, 3.63) is 91.8 Å². The van der Waals surface area contributed by atoms with Crippen molar-refractivity contribution in [2.75, 3.05) is 5.32 Å². The molecule has 0 atom stereocenters. The molecular weight excluding hydrogens is 376 g/mol. The molecule has 0 radical (unpaired) electrons. The van der Waals surface area contributed by atoms with Gasteiger partial charge >= 0.3 is 0 Å². The molecule has 7 heteroatoms. The molecule has 4 aromatic heterocycles. The molecule has 0 aliphatic rings. The quantitative estimate of drug-likeness (QED) is 0.450. The maximum Gasteiger partial charge on any atom is 0.181 e. The minimum absolute atomic E-state index is 0.533. The van der Waals surface area contributed by atoms with Crippen LogP contribution in [0.25, 0.3) is 34.1 Å². The van der Waals surface area contributed by atoms with Crippen molar-refractivity contribution in [2.45, 2.75) is 0 Å².